The minimum absolute atomic E-state index is 0.554. The molecule has 1 aromatic carbocycles. The fraction of sp³-hybridized carbons (Fsp3) is 0.741. The molecule has 5 rings (SSSR count). The number of nitrogens with zero attached hydrogens (tertiary/aromatic N) is 3. The van der Waals surface area contributed by atoms with E-state index in [1.54, 1.807) is 7.11 Å². The fourth-order valence-electron chi connectivity index (χ4n) is 6.63. The Balaban J connectivity index is 1.32. The number of ether oxygens (including phenoxy) is 1. The molecule has 0 spiro atoms. The minimum Gasteiger partial charge on any atom is -0.497 e. The van der Waals surface area contributed by atoms with E-state index in [0.29, 0.717) is 12.1 Å². The molecule has 2 aliphatic carbocycles. The number of aliphatic imine (C=N–C) groups is 1. The van der Waals surface area contributed by atoms with E-state index >= 15 is 0 Å². The molecule has 1 aromatic rings. The number of hydrogen-bond acceptors (Lipinski definition) is 4. The van der Waals surface area contributed by atoms with Gasteiger partial charge < -0.3 is 14.5 Å². The van der Waals surface area contributed by atoms with Gasteiger partial charge >= 0.3 is 0 Å². The van der Waals surface area contributed by atoms with Crippen LogP contribution in [0.2, 0.25) is 0 Å². The summed E-state index contributed by atoms with van der Waals surface area (Å²) in [6.07, 6.45) is 13.8. The third-order valence-corrected chi connectivity index (χ3v) is 8.60. The quantitative estimate of drug-likeness (QED) is 0.616. The van der Waals surface area contributed by atoms with Crippen molar-refractivity contribution in [3.05, 3.63) is 29.8 Å². The highest BCUT2D eigenvalue weighted by Gasteiger charge is 2.45. The molecule has 4 nitrogen and oxygen atoms in total. The van der Waals surface area contributed by atoms with Crippen molar-refractivity contribution in [1.29, 1.82) is 0 Å². The predicted octanol–water partition coefficient (Wildman–Crippen LogP) is 5.37. The van der Waals surface area contributed by atoms with Crippen molar-refractivity contribution in [1.82, 2.24) is 9.80 Å². The molecule has 2 aliphatic heterocycles. The molecule has 1 saturated heterocycles. The number of methoxy groups -OCH3 is 1. The third-order valence-electron chi connectivity index (χ3n) is 8.60. The second-order valence-corrected chi connectivity index (χ2v) is 10.7. The van der Waals surface area contributed by atoms with E-state index < -0.39 is 0 Å². The highest BCUT2D eigenvalue weighted by atomic mass is 16.5. The van der Waals surface area contributed by atoms with Crippen molar-refractivity contribution >= 4 is 5.96 Å². The van der Waals surface area contributed by atoms with E-state index in [2.05, 4.69) is 41.0 Å². The Labute approximate surface area is 189 Å². The number of guanidine groups is 1. The fourth-order valence-corrected chi connectivity index (χ4v) is 6.63. The van der Waals surface area contributed by atoms with E-state index in [4.69, 9.17) is 9.73 Å². The molecule has 0 unspecified atom stereocenters. The number of fused-ring (bicyclic) bond motifs is 1. The van der Waals surface area contributed by atoms with Crippen LogP contribution in [0.25, 0.3) is 0 Å². The lowest BCUT2D eigenvalue weighted by Gasteiger charge is -2.34. The number of benzene rings is 1. The Morgan fingerprint density at radius 1 is 0.968 bits per heavy atom. The molecule has 2 saturated carbocycles. The summed E-state index contributed by atoms with van der Waals surface area (Å²) in [5, 5.41) is 0. The number of rotatable bonds is 6. The summed E-state index contributed by atoms with van der Waals surface area (Å²) in [6.45, 7) is 5.83. The lowest BCUT2D eigenvalue weighted by atomic mass is 9.82. The maximum absolute atomic E-state index is 5.37. The smallest absolute Gasteiger partial charge is 0.197 e. The number of hydrogen-bond donors (Lipinski definition) is 0. The second kappa shape index (κ2) is 9.42. The molecule has 4 heteroatoms. The summed E-state index contributed by atoms with van der Waals surface area (Å²) in [5.74, 6) is 4.90. The van der Waals surface area contributed by atoms with Gasteiger partial charge in [0.1, 0.15) is 5.75 Å². The Hall–Kier alpha value is -1.71. The highest BCUT2D eigenvalue weighted by Crippen LogP contribution is 2.37. The molecule has 0 bridgehead atoms. The van der Waals surface area contributed by atoms with E-state index in [0.717, 1.165) is 43.0 Å². The molecule has 2 heterocycles. The van der Waals surface area contributed by atoms with E-state index in [1.807, 2.05) is 0 Å². The molecule has 0 aromatic heterocycles. The normalized spacial score (nSPS) is 31.6. The zero-order valence-corrected chi connectivity index (χ0v) is 19.6. The van der Waals surface area contributed by atoms with Crippen molar-refractivity contribution in [2.75, 3.05) is 26.7 Å². The van der Waals surface area contributed by atoms with E-state index in [1.165, 1.54) is 75.9 Å². The Bertz CT molecular complexity index is 746. The van der Waals surface area contributed by atoms with Crippen LogP contribution in [0.4, 0.5) is 0 Å². The van der Waals surface area contributed by atoms with Crippen molar-refractivity contribution in [2.45, 2.75) is 83.2 Å². The monoisotopic (exact) mass is 423 g/mol. The maximum Gasteiger partial charge on any atom is 0.197 e. The van der Waals surface area contributed by atoms with Crippen molar-refractivity contribution in [3.8, 4) is 5.75 Å². The van der Waals surface area contributed by atoms with Crippen LogP contribution in [0.15, 0.2) is 29.3 Å². The lowest BCUT2D eigenvalue weighted by Crippen LogP contribution is -2.42. The standard InChI is InChI=1S/C27H41N3O/c1-20-8-10-22(11-9-20)18-29-24(16-21-12-14-25(31-2)15-13-21)19-30-26(17-28-27(29)30)23-6-4-3-5-7-23/h12-15,20,22-24,26H,3-11,16-19H2,1-2H3/t20?,22?,24-,26+/m1/s1. The van der Waals surface area contributed by atoms with Crippen molar-refractivity contribution < 1.29 is 4.74 Å². The molecule has 31 heavy (non-hydrogen) atoms. The molecular formula is C27H41N3O. The first-order valence-corrected chi connectivity index (χ1v) is 12.9. The van der Waals surface area contributed by atoms with Crippen molar-refractivity contribution in [2.24, 2.45) is 22.7 Å². The van der Waals surface area contributed by atoms with Gasteiger partial charge in [-0.15, -0.1) is 0 Å². The van der Waals surface area contributed by atoms with Crippen LogP contribution in [0.5, 0.6) is 5.75 Å². The van der Waals surface area contributed by atoms with Gasteiger partial charge in [0.25, 0.3) is 0 Å². The van der Waals surface area contributed by atoms with Crippen molar-refractivity contribution in [3.63, 3.8) is 0 Å². The van der Waals surface area contributed by atoms with Crippen LogP contribution in [-0.2, 0) is 6.42 Å². The van der Waals surface area contributed by atoms with Gasteiger partial charge in [-0.05, 0) is 67.6 Å². The van der Waals surface area contributed by atoms with Crippen LogP contribution in [-0.4, -0.2) is 54.6 Å². The van der Waals surface area contributed by atoms with Gasteiger partial charge in [-0.1, -0.05) is 51.2 Å². The zero-order valence-electron chi connectivity index (χ0n) is 19.6. The first kappa shape index (κ1) is 21.2. The first-order valence-electron chi connectivity index (χ1n) is 12.9. The molecule has 170 valence electrons. The van der Waals surface area contributed by atoms with Gasteiger partial charge in [0.05, 0.1) is 25.7 Å². The van der Waals surface area contributed by atoms with Crippen LogP contribution in [0.1, 0.15) is 70.3 Å². The average molecular weight is 424 g/mol. The highest BCUT2D eigenvalue weighted by molar-refractivity contribution is 5.84. The summed E-state index contributed by atoms with van der Waals surface area (Å²) >= 11 is 0. The maximum atomic E-state index is 5.37. The summed E-state index contributed by atoms with van der Waals surface area (Å²) < 4.78 is 5.37. The Morgan fingerprint density at radius 3 is 2.42 bits per heavy atom. The molecule has 0 N–H and O–H groups in total. The van der Waals surface area contributed by atoms with Crippen LogP contribution >= 0.6 is 0 Å². The van der Waals surface area contributed by atoms with Gasteiger partial charge in [-0.3, -0.25) is 4.99 Å². The van der Waals surface area contributed by atoms with Crippen LogP contribution < -0.4 is 4.74 Å². The molecule has 0 amide bonds. The Kier molecular flexibility index (Phi) is 6.43. The molecule has 2 atom stereocenters. The van der Waals surface area contributed by atoms with Gasteiger partial charge in [-0.2, -0.15) is 0 Å². The summed E-state index contributed by atoms with van der Waals surface area (Å²) in [6, 6.07) is 9.94. The zero-order chi connectivity index (χ0) is 21.2. The van der Waals surface area contributed by atoms with Gasteiger partial charge in [-0.25, -0.2) is 0 Å². The van der Waals surface area contributed by atoms with Crippen LogP contribution in [0.3, 0.4) is 0 Å². The summed E-state index contributed by atoms with van der Waals surface area (Å²) in [7, 11) is 1.75. The largest absolute Gasteiger partial charge is 0.497 e. The first-order chi connectivity index (χ1) is 15.2. The lowest BCUT2D eigenvalue weighted by molar-refractivity contribution is 0.201. The van der Waals surface area contributed by atoms with Gasteiger partial charge in [0, 0.05) is 13.1 Å². The van der Waals surface area contributed by atoms with Gasteiger partial charge in [0.15, 0.2) is 5.96 Å². The summed E-state index contributed by atoms with van der Waals surface area (Å²) in [5.41, 5.74) is 1.42. The van der Waals surface area contributed by atoms with Gasteiger partial charge in [0.2, 0.25) is 0 Å². The van der Waals surface area contributed by atoms with E-state index in [-0.39, 0.29) is 0 Å². The molecule has 3 fully saturated rings. The predicted molar refractivity (Wildman–Crippen MR) is 128 cm³/mol. The average Bonchev–Trinajstić information content (AvgIpc) is 3.36. The van der Waals surface area contributed by atoms with E-state index in [9.17, 15) is 0 Å². The second-order valence-electron chi connectivity index (χ2n) is 10.7. The molecule has 0 radical (unpaired) electrons. The summed E-state index contributed by atoms with van der Waals surface area (Å²) in [4.78, 5) is 10.6. The topological polar surface area (TPSA) is 28.1 Å². The molecular weight excluding hydrogens is 382 g/mol. The minimum atomic E-state index is 0.554. The molecule has 4 aliphatic rings. The third kappa shape index (κ3) is 4.59. The van der Waals surface area contributed by atoms with Crippen LogP contribution in [0, 0.1) is 17.8 Å². The SMILES string of the molecule is COc1ccc(C[C@@H]2CN3C(=NC[C@H]3C3CCCCC3)N2CC2CCC(C)CC2)cc1. The Morgan fingerprint density at radius 2 is 1.71 bits per heavy atom.